The minimum absolute atomic E-state index is 0.413. The Bertz CT molecular complexity index is 657. The van der Waals surface area contributed by atoms with Crippen LogP contribution in [0.1, 0.15) is 23.1 Å². The number of aliphatic hydroxyl groups is 1. The van der Waals surface area contributed by atoms with Gasteiger partial charge < -0.3 is 10.8 Å². The Morgan fingerprint density at radius 3 is 2.68 bits per heavy atom. The summed E-state index contributed by atoms with van der Waals surface area (Å²) in [6.45, 7) is 0. The number of nitrogen functional groups attached to an aromatic ring is 1. The number of fused-ring (bicyclic) bond motifs is 1. The Hall–Kier alpha value is -1.22. The lowest BCUT2D eigenvalue weighted by Crippen LogP contribution is -2.24. The number of anilines is 1. The third kappa shape index (κ3) is 1.91. The van der Waals surface area contributed by atoms with Gasteiger partial charge in [0.15, 0.2) is 0 Å². The molecule has 0 aliphatic heterocycles. The summed E-state index contributed by atoms with van der Waals surface area (Å²) >= 11 is 12.3. The van der Waals surface area contributed by atoms with E-state index in [-0.39, 0.29) is 0 Å². The molecule has 3 rings (SSSR count). The minimum Gasteiger partial charge on any atom is -0.399 e. The lowest BCUT2D eigenvalue weighted by Gasteiger charge is -2.26. The van der Waals surface area contributed by atoms with E-state index in [1.807, 2.05) is 18.2 Å². The van der Waals surface area contributed by atoms with Crippen molar-refractivity contribution in [1.29, 1.82) is 0 Å². The molecule has 19 heavy (non-hydrogen) atoms. The molecule has 0 amide bonds. The summed E-state index contributed by atoms with van der Waals surface area (Å²) < 4.78 is 0. The van der Waals surface area contributed by atoms with Gasteiger partial charge in [0.25, 0.3) is 0 Å². The molecule has 1 aliphatic carbocycles. The van der Waals surface area contributed by atoms with E-state index in [1.54, 1.807) is 18.2 Å². The van der Waals surface area contributed by atoms with Crippen LogP contribution in [-0.2, 0) is 12.0 Å². The summed E-state index contributed by atoms with van der Waals surface area (Å²) in [6, 6.07) is 10.9. The first kappa shape index (κ1) is 12.8. The van der Waals surface area contributed by atoms with Gasteiger partial charge >= 0.3 is 0 Å². The zero-order valence-corrected chi connectivity index (χ0v) is 11.7. The van der Waals surface area contributed by atoms with Gasteiger partial charge in [-0.1, -0.05) is 41.4 Å². The van der Waals surface area contributed by atoms with E-state index in [0.29, 0.717) is 27.7 Å². The second kappa shape index (κ2) is 4.41. The van der Waals surface area contributed by atoms with Crippen LogP contribution in [-0.4, -0.2) is 5.11 Å². The number of rotatable bonds is 1. The van der Waals surface area contributed by atoms with Crippen LogP contribution in [0.3, 0.4) is 0 Å². The molecule has 1 aliphatic rings. The molecule has 0 radical (unpaired) electrons. The van der Waals surface area contributed by atoms with Gasteiger partial charge in [0.1, 0.15) is 5.60 Å². The molecule has 0 fully saturated rings. The summed E-state index contributed by atoms with van der Waals surface area (Å²) in [5.41, 5.74) is 8.01. The number of nitrogens with two attached hydrogens (primary N) is 1. The molecule has 0 saturated carbocycles. The number of benzene rings is 2. The maximum absolute atomic E-state index is 11.0. The number of hydrogen-bond donors (Lipinski definition) is 2. The van der Waals surface area contributed by atoms with Gasteiger partial charge in [-0.15, -0.1) is 0 Å². The highest BCUT2D eigenvalue weighted by molar-refractivity contribution is 6.42. The fourth-order valence-corrected chi connectivity index (χ4v) is 3.23. The van der Waals surface area contributed by atoms with Crippen molar-refractivity contribution in [2.75, 3.05) is 5.73 Å². The van der Waals surface area contributed by atoms with E-state index >= 15 is 0 Å². The summed E-state index contributed by atoms with van der Waals surface area (Å²) in [5, 5.41) is 11.9. The third-order valence-electron chi connectivity index (χ3n) is 3.73. The fraction of sp³-hybridized carbons (Fsp3) is 0.200. The first-order valence-corrected chi connectivity index (χ1v) is 6.84. The zero-order chi connectivity index (χ0) is 13.6. The Labute approximate surface area is 121 Å². The van der Waals surface area contributed by atoms with Crippen LogP contribution in [0.4, 0.5) is 5.69 Å². The highest BCUT2D eigenvalue weighted by Gasteiger charge is 2.40. The Morgan fingerprint density at radius 1 is 1.11 bits per heavy atom. The van der Waals surface area contributed by atoms with E-state index in [4.69, 9.17) is 28.9 Å². The van der Waals surface area contributed by atoms with Crippen molar-refractivity contribution in [2.45, 2.75) is 18.4 Å². The van der Waals surface area contributed by atoms with E-state index in [0.717, 1.165) is 17.5 Å². The molecule has 0 saturated heterocycles. The van der Waals surface area contributed by atoms with Crippen LogP contribution in [0, 0.1) is 0 Å². The quantitative estimate of drug-likeness (QED) is 0.787. The molecular weight excluding hydrogens is 281 g/mol. The van der Waals surface area contributed by atoms with Crippen molar-refractivity contribution in [3.8, 4) is 0 Å². The van der Waals surface area contributed by atoms with Crippen LogP contribution in [0.5, 0.6) is 0 Å². The van der Waals surface area contributed by atoms with Crippen molar-refractivity contribution in [3.63, 3.8) is 0 Å². The van der Waals surface area contributed by atoms with Gasteiger partial charge in [-0.25, -0.2) is 0 Å². The molecule has 0 aromatic heterocycles. The average molecular weight is 294 g/mol. The molecule has 3 N–H and O–H groups in total. The minimum atomic E-state index is -1.08. The Balaban J connectivity index is 2.19. The highest BCUT2D eigenvalue weighted by Crippen LogP contribution is 2.46. The molecule has 1 atom stereocenters. The van der Waals surface area contributed by atoms with Crippen LogP contribution in [0.15, 0.2) is 36.4 Å². The third-order valence-corrected chi connectivity index (χ3v) is 4.55. The Morgan fingerprint density at radius 2 is 1.89 bits per heavy atom. The Kier molecular flexibility index (Phi) is 2.97. The molecular formula is C15H13Cl2NO. The zero-order valence-electron chi connectivity index (χ0n) is 10.2. The van der Waals surface area contributed by atoms with Gasteiger partial charge in [-0.3, -0.25) is 0 Å². The second-order valence-corrected chi connectivity index (χ2v) is 5.66. The van der Waals surface area contributed by atoms with Crippen LogP contribution >= 0.6 is 23.2 Å². The van der Waals surface area contributed by atoms with Gasteiger partial charge in [-0.05, 0) is 42.2 Å². The van der Waals surface area contributed by atoms with Crippen molar-refractivity contribution in [2.24, 2.45) is 0 Å². The largest absolute Gasteiger partial charge is 0.399 e. The molecule has 2 nitrogen and oxygen atoms in total. The van der Waals surface area contributed by atoms with Crippen LogP contribution in [0.25, 0.3) is 0 Å². The summed E-state index contributed by atoms with van der Waals surface area (Å²) in [7, 11) is 0. The van der Waals surface area contributed by atoms with Gasteiger partial charge in [-0.2, -0.15) is 0 Å². The topological polar surface area (TPSA) is 46.2 Å². The molecule has 2 aromatic rings. The van der Waals surface area contributed by atoms with Crippen molar-refractivity contribution < 1.29 is 5.11 Å². The van der Waals surface area contributed by atoms with Gasteiger partial charge in [0, 0.05) is 11.3 Å². The van der Waals surface area contributed by atoms with Crippen LogP contribution < -0.4 is 5.73 Å². The highest BCUT2D eigenvalue weighted by atomic mass is 35.5. The van der Waals surface area contributed by atoms with E-state index < -0.39 is 5.60 Å². The monoisotopic (exact) mass is 293 g/mol. The van der Waals surface area contributed by atoms with Gasteiger partial charge in [0.05, 0.1) is 10.0 Å². The molecule has 0 heterocycles. The lowest BCUT2D eigenvalue weighted by atomic mass is 9.88. The van der Waals surface area contributed by atoms with Crippen molar-refractivity contribution in [3.05, 3.63) is 63.1 Å². The summed E-state index contributed by atoms with van der Waals surface area (Å²) in [4.78, 5) is 0. The maximum Gasteiger partial charge on any atom is 0.117 e. The average Bonchev–Trinajstić information content (AvgIpc) is 2.71. The maximum atomic E-state index is 11.0. The number of aryl methyl sites for hydroxylation is 1. The van der Waals surface area contributed by atoms with Gasteiger partial charge in [0.2, 0.25) is 0 Å². The summed E-state index contributed by atoms with van der Waals surface area (Å²) in [6.07, 6.45) is 1.37. The number of halogens is 2. The first-order chi connectivity index (χ1) is 9.02. The van der Waals surface area contributed by atoms with E-state index in [2.05, 4.69) is 0 Å². The molecule has 2 aromatic carbocycles. The predicted octanol–water partition coefficient (Wildman–Crippen LogP) is 3.76. The SMILES string of the molecule is Nc1ccc2c(c1)CCC2(O)c1cccc(Cl)c1Cl. The van der Waals surface area contributed by atoms with Crippen molar-refractivity contribution >= 4 is 28.9 Å². The molecule has 1 unspecified atom stereocenters. The molecule has 4 heteroatoms. The first-order valence-electron chi connectivity index (χ1n) is 6.08. The molecule has 0 bridgehead atoms. The van der Waals surface area contributed by atoms with E-state index in [1.165, 1.54) is 0 Å². The van der Waals surface area contributed by atoms with Crippen molar-refractivity contribution in [1.82, 2.24) is 0 Å². The summed E-state index contributed by atoms with van der Waals surface area (Å²) in [5.74, 6) is 0. The standard InChI is InChI=1S/C15H13Cl2NO/c16-13-3-1-2-12(14(13)17)15(19)7-6-9-8-10(18)4-5-11(9)15/h1-5,8,19H,6-7,18H2. The molecule has 0 spiro atoms. The normalized spacial score (nSPS) is 21.4. The lowest BCUT2D eigenvalue weighted by molar-refractivity contribution is 0.0831. The second-order valence-electron chi connectivity index (χ2n) is 4.88. The number of hydrogen-bond acceptors (Lipinski definition) is 2. The smallest absolute Gasteiger partial charge is 0.117 e. The fourth-order valence-electron chi connectivity index (χ4n) is 2.78. The van der Waals surface area contributed by atoms with Crippen LogP contribution in [0.2, 0.25) is 10.0 Å². The molecule has 98 valence electrons. The van der Waals surface area contributed by atoms with E-state index in [9.17, 15) is 5.11 Å². The predicted molar refractivity (Wildman–Crippen MR) is 78.6 cm³/mol.